The van der Waals surface area contributed by atoms with Crippen molar-refractivity contribution in [2.24, 2.45) is 0 Å². The summed E-state index contributed by atoms with van der Waals surface area (Å²) in [6.07, 6.45) is 5.28. The molecule has 0 fully saturated rings. The van der Waals surface area contributed by atoms with E-state index in [0.29, 0.717) is 48.0 Å². The van der Waals surface area contributed by atoms with Gasteiger partial charge in [0.25, 0.3) is 0 Å². The summed E-state index contributed by atoms with van der Waals surface area (Å²) in [5.41, 5.74) is 2.81. The average molecular weight is 600 g/mol. The van der Waals surface area contributed by atoms with Crippen LogP contribution in [0.25, 0.3) is 16.9 Å². The summed E-state index contributed by atoms with van der Waals surface area (Å²) in [6, 6.07) is 8.27. The van der Waals surface area contributed by atoms with Crippen LogP contribution in [0.2, 0.25) is 5.21 Å². The number of rotatable bonds is 11. The number of hydrogen-bond acceptors (Lipinski definition) is 6. The fourth-order valence-corrected chi connectivity index (χ4v) is 4.31. The van der Waals surface area contributed by atoms with Crippen molar-refractivity contribution in [2.45, 2.75) is 38.0 Å². The number of methoxy groups -OCH3 is 1. The second-order valence-electron chi connectivity index (χ2n) is 9.47. The van der Waals surface area contributed by atoms with E-state index >= 15 is 0 Å². The zero-order valence-electron chi connectivity index (χ0n) is 22.3. The van der Waals surface area contributed by atoms with E-state index in [0.717, 1.165) is 10.8 Å². The van der Waals surface area contributed by atoms with Crippen molar-refractivity contribution in [2.75, 3.05) is 25.6 Å². The van der Waals surface area contributed by atoms with Gasteiger partial charge in [0.1, 0.15) is 0 Å². The van der Waals surface area contributed by atoms with Gasteiger partial charge in [-0.15, -0.1) is 0 Å². The number of aromatic nitrogens is 3. The van der Waals surface area contributed by atoms with E-state index in [1.165, 1.54) is 25.4 Å². The molecule has 0 aliphatic carbocycles. The van der Waals surface area contributed by atoms with Crippen LogP contribution < -0.4 is 15.4 Å². The zero-order valence-corrected chi connectivity index (χ0v) is 24.8. The van der Waals surface area contributed by atoms with Crippen LogP contribution in [0, 0.1) is 11.6 Å². The molecule has 2 heterocycles. The van der Waals surface area contributed by atoms with E-state index in [4.69, 9.17) is 9.47 Å². The number of fused-ring (bicyclic) bond motifs is 1. The van der Waals surface area contributed by atoms with Gasteiger partial charge < -0.3 is 4.74 Å². The number of hydrogen-bond donors (Lipinski definition) is 2. The molecule has 1 unspecified atom stereocenters. The van der Waals surface area contributed by atoms with Gasteiger partial charge in [0.05, 0.1) is 19.0 Å². The molecule has 4 aromatic rings. The van der Waals surface area contributed by atoms with Crippen molar-refractivity contribution in [3.63, 3.8) is 0 Å². The zero-order chi connectivity index (χ0) is 28.2. The summed E-state index contributed by atoms with van der Waals surface area (Å²) in [4.78, 5) is 21.6. The minimum absolute atomic E-state index is 0.0473. The second-order valence-corrected chi connectivity index (χ2v) is 10.3. The SMILES string of the molecule is CCc1cc(Nc2nccn3c(-c4ccc(OC)c(F)c4F)cnc23)ccc1C(=O)NCCOC(C)(C)C[AsH2]. The second kappa shape index (κ2) is 12.1. The third kappa shape index (κ3) is 6.23. The number of halogens is 2. The Bertz CT molecular complexity index is 1490. The van der Waals surface area contributed by atoms with Crippen molar-refractivity contribution in [1.82, 2.24) is 19.7 Å². The Morgan fingerprint density at radius 1 is 1.15 bits per heavy atom. The van der Waals surface area contributed by atoms with Crippen LogP contribution in [0.5, 0.6) is 5.75 Å². The molecule has 4 rings (SSSR count). The molecule has 11 heteroatoms. The fraction of sp³-hybridized carbons (Fsp3) is 0.321. The molecule has 0 spiro atoms. The molecule has 0 saturated heterocycles. The van der Waals surface area contributed by atoms with Crippen molar-refractivity contribution in [1.29, 1.82) is 0 Å². The third-order valence-electron chi connectivity index (χ3n) is 6.34. The van der Waals surface area contributed by atoms with Gasteiger partial charge in [-0.1, -0.05) is 0 Å². The monoisotopic (exact) mass is 599 g/mol. The van der Waals surface area contributed by atoms with Crippen molar-refractivity contribution < 1.29 is 23.0 Å². The van der Waals surface area contributed by atoms with E-state index in [2.05, 4.69) is 20.6 Å². The molecule has 39 heavy (non-hydrogen) atoms. The van der Waals surface area contributed by atoms with Gasteiger partial charge >= 0.3 is 129 Å². The van der Waals surface area contributed by atoms with Crippen LogP contribution >= 0.6 is 0 Å². The number of ether oxygens (including phenoxy) is 2. The summed E-state index contributed by atoms with van der Waals surface area (Å²) in [5.74, 6) is -1.99. The number of aryl methyl sites for hydroxylation is 1. The van der Waals surface area contributed by atoms with Gasteiger partial charge in [-0.3, -0.25) is 4.40 Å². The number of amides is 1. The first-order valence-corrected chi connectivity index (χ1v) is 14.3. The summed E-state index contributed by atoms with van der Waals surface area (Å²) < 4.78 is 41.4. The van der Waals surface area contributed by atoms with Crippen molar-refractivity contribution >= 4 is 39.9 Å². The first-order chi connectivity index (χ1) is 18.7. The molecule has 0 bridgehead atoms. The van der Waals surface area contributed by atoms with Crippen LogP contribution in [-0.2, 0) is 11.2 Å². The molecular formula is C28H32AsF2N5O3. The van der Waals surface area contributed by atoms with E-state index in [1.54, 1.807) is 45.8 Å². The van der Waals surface area contributed by atoms with E-state index in [1.807, 2.05) is 26.8 Å². The van der Waals surface area contributed by atoms with Gasteiger partial charge in [-0.2, -0.15) is 4.39 Å². The number of carbonyl (C=O) groups excluding carboxylic acids is 1. The number of anilines is 2. The van der Waals surface area contributed by atoms with E-state index in [-0.39, 0.29) is 22.8 Å². The molecule has 0 aliphatic rings. The van der Waals surface area contributed by atoms with Crippen LogP contribution in [-0.4, -0.2) is 63.0 Å². The van der Waals surface area contributed by atoms with Crippen LogP contribution in [0.15, 0.2) is 48.9 Å². The van der Waals surface area contributed by atoms with Gasteiger partial charge in [-0.05, 0) is 12.1 Å². The Morgan fingerprint density at radius 2 is 1.95 bits per heavy atom. The molecule has 2 aromatic carbocycles. The Kier molecular flexibility index (Phi) is 8.87. The van der Waals surface area contributed by atoms with Crippen molar-refractivity contribution in [3.05, 3.63) is 71.7 Å². The molecule has 1 atom stereocenters. The molecule has 0 radical (unpaired) electrons. The Morgan fingerprint density at radius 3 is 2.67 bits per heavy atom. The standard InChI is InChI=1S/C28H32AsF2N5O3/c1-5-17-14-18(6-7-19(17)27(37)33-11-13-39-28(2,3)16-29)35-25-26-34-15-21(36(26)12-10-32-25)20-8-9-22(38-4)24(31)23(20)30/h6-10,12,14-15H,5,11,13,16,29H2,1-4H3,(H,32,35)(H,33,37). The number of nitrogens with zero attached hydrogens (tertiary/aromatic N) is 3. The van der Waals surface area contributed by atoms with Crippen molar-refractivity contribution in [3.8, 4) is 17.0 Å². The predicted octanol–water partition coefficient (Wildman–Crippen LogP) is 4.57. The summed E-state index contributed by atoms with van der Waals surface area (Å²) in [5, 5.41) is 7.11. The van der Waals surface area contributed by atoms with Gasteiger partial charge in [0.15, 0.2) is 23.0 Å². The molecule has 0 saturated carbocycles. The Hall–Kier alpha value is -3.49. The number of imidazole rings is 1. The predicted molar refractivity (Wildman–Crippen MR) is 150 cm³/mol. The average Bonchev–Trinajstić information content (AvgIpc) is 3.37. The Balaban J connectivity index is 1.54. The summed E-state index contributed by atoms with van der Waals surface area (Å²) >= 11 is 1.61. The molecule has 1 amide bonds. The summed E-state index contributed by atoms with van der Waals surface area (Å²) in [7, 11) is 1.28. The van der Waals surface area contributed by atoms with Crippen LogP contribution in [0.1, 0.15) is 36.7 Å². The van der Waals surface area contributed by atoms with Gasteiger partial charge in [0, 0.05) is 18.0 Å². The normalized spacial score (nSPS) is 11.6. The quantitative estimate of drug-likeness (QED) is 0.194. The first kappa shape index (κ1) is 28.5. The Labute approximate surface area is 234 Å². The van der Waals surface area contributed by atoms with E-state index < -0.39 is 11.6 Å². The number of benzene rings is 2. The molecule has 2 N–H and O–H groups in total. The topological polar surface area (TPSA) is 89.8 Å². The third-order valence-corrected chi connectivity index (χ3v) is 8.40. The fourth-order valence-electron chi connectivity index (χ4n) is 4.06. The number of nitrogens with one attached hydrogen (secondary N) is 2. The molecule has 206 valence electrons. The maximum atomic E-state index is 14.8. The van der Waals surface area contributed by atoms with Crippen LogP contribution in [0.3, 0.4) is 0 Å². The van der Waals surface area contributed by atoms with Crippen LogP contribution in [0.4, 0.5) is 20.3 Å². The number of carbonyl (C=O) groups is 1. The molecule has 8 nitrogen and oxygen atoms in total. The van der Waals surface area contributed by atoms with Gasteiger partial charge in [-0.25, -0.2) is 14.4 Å². The maximum absolute atomic E-state index is 14.8. The minimum atomic E-state index is -1.06. The molecule has 0 aliphatic heterocycles. The molecular weight excluding hydrogens is 567 g/mol. The molecule has 2 aromatic heterocycles. The van der Waals surface area contributed by atoms with Gasteiger partial charge in [0.2, 0.25) is 5.82 Å². The van der Waals surface area contributed by atoms with E-state index in [9.17, 15) is 13.6 Å². The first-order valence-electron chi connectivity index (χ1n) is 12.6. The summed E-state index contributed by atoms with van der Waals surface area (Å²) in [6.45, 7) is 6.92.